The maximum absolute atomic E-state index is 12.4. The Hall–Kier alpha value is -0.910. The molecule has 0 amide bonds. The fourth-order valence-corrected chi connectivity index (χ4v) is 4.37. The van der Waals surface area contributed by atoms with Crippen LogP contribution in [-0.2, 0) is 16.6 Å². The van der Waals surface area contributed by atoms with E-state index in [0.29, 0.717) is 17.4 Å². The summed E-state index contributed by atoms with van der Waals surface area (Å²) in [6, 6.07) is 6.47. The molecular weight excluding hydrogens is 274 g/mol. The lowest BCUT2D eigenvalue weighted by atomic mass is 9.80. The van der Waals surface area contributed by atoms with Gasteiger partial charge in [0, 0.05) is 6.04 Å². The molecule has 20 heavy (non-hydrogen) atoms. The second-order valence-electron chi connectivity index (χ2n) is 5.93. The van der Waals surface area contributed by atoms with Crippen LogP contribution in [0.15, 0.2) is 29.2 Å². The Morgan fingerprint density at radius 1 is 1.30 bits per heavy atom. The van der Waals surface area contributed by atoms with Gasteiger partial charge < -0.3 is 5.11 Å². The molecule has 112 valence electrons. The Balaban J connectivity index is 2.14. The van der Waals surface area contributed by atoms with Gasteiger partial charge in [-0.15, -0.1) is 0 Å². The Morgan fingerprint density at radius 3 is 2.70 bits per heavy atom. The summed E-state index contributed by atoms with van der Waals surface area (Å²) >= 11 is 0. The molecule has 0 heterocycles. The van der Waals surface area contributed by atoms with Gasteiger partial charge in [-0.1, -0.05) is 26.0 Å². The van der Waals surface area contributed by atoms with E-state index in [0.717, 1.165) is 19.3 Å². The summed E-state index contributed by atoms with van der Waals surface area (Å²) in [5.41, 5.74) is 0.609. The van der Waals surface area contributed by atoms with E-state index in [2.05, 4.69) is 18.6 Å². The normalized spacial score (nSPS) is 27.4. The quantitative estimate of drug-likeness (QED) is 0.896. The summed E-state index contributed by atoms with van der Waals surface area (Å²) in [5, 5.41) is 9.11. The van der Waals surface area contributed by atoms with Gasteiger partial charge in [-0.2, -0.15) is 0 Å². The highest BCUT2D eigenvalue weighted by atomic mass is 32.2. The molecule has 3 atom stereocenters. The number of sulfonamides is 1. The fraction of sp³-hybridized carbons (Fsp3) is 0.600. The van der Waals surface area contributed by atoms with Crippen molar-refractivity contribution in [1.29, 1.82) is 0 Å². The molecule has 4 nitrogen and oxygen atoms in total. The van der Waals surface area contributed by atoms with Gasteiger partial charge in [-0.3, -0.25) is 0 Å². The average Bonchev–Trinajstić information content (AvgIpc) is 2.42. The van der Waals surface area contributed by atoms with E-state index in [1.807, 2.05) is 0 Å². The monoisotopic (exact) mass is 297 g/mol. The zero-order valence-corrected chi connectivity index (χ0v) is 12.9. The van der Waals surface area contributed by atoms with E-state index in [1.54, 1.807) is 18.2 Å². The first-order valence-electron chi connectivity index (χ1n) is 7.14. The summed E-state index contributed by atoms with van der Waals surface area (Å²) in [6.45, 7) is 4.17. The first-order chi connectivity index (χ1) is 9.42. The van der Waals surface area contributed by atoms with Crippen molar-refractivity contribution in [2.24, 2.45) is 11.8 Å². The molecule has 3 unspecified atom stereocenters. The molecular formula is C15H23NO3S. The van der Waals surface area contributed by atoms with Crippen LogP contribution < -0.4 is 4.72 Å². The molecule has 0 saturated heterocycles. The minimum atomic E-state index is -3.50. The van der Waals surface area contributed by atoms with Gasteiger partial charge in [-0.25, -0.2) is 13.1 Å². The lowest BCUT2D eigenvalue weighted by molar-refractivity contribution is 0.249. The largest absolute Gasteiger partial charge is 0.392 e. The van der Waals surface area contributed by atoms with Crippen LogP contribution in [0.5, 0.6) is 0 Å². The molecule has 1 aromatic carbocycles. The first kappa shape index (κ1) is 15.5. The van der Waals surface area contributed by atoms with E-state index in [9.17, 15) is 8.42 Å². The summed E-state index contributed by atoms with van der Waals surface area (Å²) in [7, 11) is -3.50. The molecule has 1 fully saturated rings. The second-order valence-corrected chi connectivity index (χ2v) is 7.64. The van der Waals surface area contributed by atoms with Crippen LogP contribution in [0.1, 0.15) is 38.7 Å². The molecule has 0 spiro atoms. The molecule has 5 heteroatoms. The minimum absolute atomic E-state index is 0.00832. The predicted molar refractivity (Wildman–Crippen MR) is 78.7 cm³/mol. The van der Waals surface area contributed by atoms with Crippen molar-refractivity contribution in [2.75, 3.05) is 0 Å². The molecule has 1 aromatic rings. The molecule has 2 N–H and O–H groups in total. The number of aliphatic hydroxyl groups is 1. The minimum Gasteiger partial charge on any atom is -0.392 e. The molecule has 0 bridgehead atoms. The summed E-state index contributed by atoms with van der Waals surface area (Å²) in [5.74, 6) is 1.03. The Bertz CT molecular complexity index is 556. The number of rotatable bonds is 4. The number of benzene rings is 1. The van der Waals surface area contributed by atoms with Gasteiger partial charge in [0.2, 0.25) is 10.0 Å². The second kappa shape index (κ2) is 6.24. The topological polar surface area (TPSA) is 66.4 Å². The number of nitrogens with one attached hydrogen (secondary N) is 1. The third-order valence-electron chi connectivity index (χ3n) is 4.13. The molecule has 0 aliphatic heterocycles. The van der Waals surface area contributed by atoms with Crippen LogP contribution in [0.4, 0.5) is 0 Å². The molecule has 0 aromatic heterocycles. The van der Waals surface area contributed by atoms with Gasteiger partial charge in [0.05, 0.1) is 11.5 Å². The predicted octanol–water partition coefficient (Wildman–Crippen LogP) is 2.28. The lowest BCUT2D eigenvalue weighted by Crippen LogP contribution is -2.42. The summed E-state index contributed by atoms with van der Waals surface area (Å²) in [6.07, 6.45) is 3.01. The highest BCUT2D eigenvalue weighted by Gasteiger charge is 2.29. The Morgan fingerprint density at radius 2 is 2.05 bits per heavy atom. The Labute approximate surface area is 121 Å². The van der Waals surface area contributed by atoms with E-state index in [4.69, 9.17) is 5.11 Å². The van der Waals surface area contributed by atoms with Gasteiger partial charge in [0.25, 0.3) is 0 Å². The molecule has 1 aliphatic carbocycles. The van der Waals surface area contributed by atoms with Crippen LogP contribution in [0.3, 0.4) is 0 Å². The van der Waals surface area contributed by atoms with Crippen molar-refractivity contribution in [1.82, 2.24) is 4.72 Å². The van der Waals surface area contributed by atoms with E-state index in [-0.39, 0.29) is 17.5 Å². The zero-order chi connectivity index (χ0) is 14.8. The van der Waals surface area contributed by atoms with Crippen molar-refractivity contribution in [2.45, 2.75) is 50.7 Å². The lowest BCUT2D eigenvalue weighted by Gasteiger charge is -2.32. The average molecular weight is 297 g/mol. The number of hydrogen-bond donors (Lipinski definition) is 2. The number of hydrogen-bond acceptors (Lipinski definition) is 3. The van der Waals surface area contributed by atoms with Gasteiger partial charge in [0.1, 0.15) is 0 Å². The van der Waals surface area contributed by atoms with Crippen molar-refractivity contribution in [3.63, 3.8) is 0 Å². The summed E-state index contributed by atoms with van der Waals surface area (Å²) < 4.78 is 27.6. The molecule has 1 aliphatic rings. The van der Waals surface area contributed by atoms with Crippen LogP contribution in [0.25, 0.3) is 0 Å². The molecule has 1 saturated carbocycles. The van der Waals surface area contributed by atoms with Gasteiger partial charge in [0.15, 0.2) is 0 Å². The standard InChI is InChI=1S/C15H23NO3S/c1-11-6-7-15(12(2)8-11)16-20(18,19)14-5-3-4-13(9-14)10-17/h3-5,9,11-12,15-17H,6-8,10H2,1-2H3. The van der Waals surface area contributed by atoms with Crippen molar-refractivity contribution in [3.05, 3.63) is 29.8 Å². The Kier molecular flexibility index (Phi) is 4.83. The van der Waals surface area contributed by atoms with Crippen molar-refractivity contribution < 1.29 is 13.5 Å². The van der Waals surface area contributed by atoms with Crippen LogP contribution in [0.2, 0.25) is 0 Å². The van der Waals surface area contributed by atoms with Crippen molar-refractivity contribution >= 4 is 10.0 Å². The maximum atomic E-state index is 12.4. The first-order valence-corrected chi connectivity index (χ1v) is 8.63. The summed E-state index contributed by atoms with van der Waals surface area (Å²) in [4.78, 5) is 0.231. The van der Waals surface area contributed by atoms with E-state index in [1.165, 1.54) is 6.07 Å². The maximum Gasteiger partial charge on any atom is 0.240 e. The molecule has 2 rings (SSSR count). The van der Waals surface area contributed by atoms with Crippen LogP contribution in [0, 0.1) is 11.8 Å². The van der Waals surface area contributed by atoms with Gasteiger partial charge in [-0.05, 0) is 48.8 Å². The fourth-order valence-electron chi connectivity index (χ4n) is 2.92. The molecule has 0 radical (unpaired) electrons. The number of aliphatic hydroxyl groups excluding tert-OH is 1. The van der Waals surface area contributed by atoms with Crippen LogP contribution >= 0.6 is 0 Å². The van der Waals surface area contributed by atoms with Gasteiger partial charge >= 0.3 is 0 Å². The SMILES string of the molecule is CC1CCC(NS(=O)(=O)c2cccc(CO)c2)C(C)C1. The highest BCUT2D eigenvalue weighted by molar-refractivity contribution is 7.89. The smallest absolute Gasteiger partial charge is 0.240 e. The van der Waals surface area contributed by atoms with E-state index >= 15 is 0 Å². The zero-order valence-electron chi connectivity index (χ0n) is 12.0. The third-order valence-corrected chi connectivity index (χ3v) is 5.62. The third kappa shape index (κ3) is 3.59. The van der Waals surface area contributed by atoms with Crippen LogP contribution in [-0.4, -0.2) is 19.6 Å². The van der Waals surface area contributed by atoms with E-state index < -0.39 is 10.0 Å². The van der Waals surface area contributed by atoms with Crippen molar-refractivity contribution in [3.8, 4) is 0 Å². The highest BCUT2D eigenvalue weighted by Crippen LogP contribution is 2.29.